The van der Waals surface area contributed by atoms with Crippen molar-refractivity contribution in [2.75, 3.05) is 5.32 Å². The summed E-state index contributed by atoms with van der Waals surface area (Å²) in [6.07, 6.45) is 2.93. The third kappa shape index (κ3) is 5.98. The van der Waals surface area contributed by atoms with Gasteiger partial charge in [0, 0.05) is 11.8 Å². The number of carbonyl (C=O) groups is 1. The van der Waals surface area contributed by atoms with Gasteiger partial charge < -0.3 is 5.32 Å². The number of carbonyl (C=O) groups excluding carboxylic acids is 1. The lowest BCUT2D eigenvalue weighted by Gasteiger charge is -2.05. The van der Waals surface area contributed by atoms with Crippen LogP contribution < -0.4 is 10.5 Å². The highest BCUT2D eigenvalue weighted by atomic mass is 35.5. The number of anilines is 1. The second-order valence-corrected chi connectivity index (χ2v) is 7.43. The minimum Gasteiger partial charge on any atom is -0.323 e. The van der Waals surface area contributed by atoms with Gasteiger partial charge in [0.15, 0.2) is 0 Å². The number of rotatable bonds is 5. The highest BCUT2D eigenvalue weighted by Gasteiger charge is 2.06. The zero-order valence-corrected chi connectivity index (χ0v) is 14.7. The van der Waals surface area contributed by atoms with Crippen LogP contribution in [0.1, 0.15) is 11.1 Å². The molecule has 2 rings (SSSR count). The van der Waals surface area contributed by atoms with Gasteiger partial charge in [-0.15, -0.1) is 0 Å². The van der Waals surface area contributed by atoms with Gasteiger partial charge in [0.05, 0.1) is 15.8 Å². The molecule has 0 spiro atoms. The Morgan fingerprint density at radius 1 is 1.12 bits per heavy atom. The van der Waals surface area contributed by atoms with Crippen molar-refractivity contribution in [3.05, 3.63) is 69.7 Å². The van der Waals surface area contributed by atoms with E-state index in [1.54, 1.807) is 48.5 Å². The van der Waals surface area contributed by atoms with Crippen LogP contribution in [0.4, 0.5) is 5.69 Å². The van der Waals surface area contributed by atoms with Crippen LogP contribution in [0.15, 0.2) is 48.5 Å². The molecule has 2 aromatic rings. The number of nitrogens with two attached hydrogens (primary N) is 1. The van der Waals surface area contributed by atoms with Gasteiger partial charge in [-0.25, -0.2) is 13.6 Å². The van der Waals surface area contributed by atoms with Crippen molar-refractivity contribution in [3.8, 4) is 0 Å². The number of hydrogen-bond donors (Lipinski definition) is 2. The van der Waals surface area contributed by atoms with Gasteiger partial charge in [-0.05, 0) is 41.5 Å². The van der Waals surface area contributed by atoms with E-state index in [9.17, 15) is 13.2 Å². The predicted molar refractivity (Wildman–Crippen MR) is 97.4 cm³/mol. The summed E-state index contributed by atoms with van der Waals surface area (Å²) < 4.78 is 22.2. The fourth-order valence-corrected chi connectivity index (χ4v) is 2.89. The summed E-state index contributed by atoms with van der Waals surface area (Å²) in [6.45, 7) is 0. The summed E-state index contributed by atoms with van der Waals surface area (Å²) in [5, 5.41) is 8.48. The fraction of sp³-hybridized carbons (Fsp3) is 0.0625. The molecule has 0 aliphatic rings. The Morgan fingerprint density at radius 3 is 2.54 bits per heavy atom. The molecule has 0 heterocycles. The first-order valence-electron chi connectivity index (χ1n) is 6.76. The Kier molecular flexibility index (Phi) is 6.01. The van der Waals surface area contributed by atoms with E-state index in [1.165, 1.54) is 6.08 Å². The molecule has 5 nitrogen and oxygen atoms in total. The average Bonchev–Trinajstić information content (AvgIpc) is 2.47. The number of primary sulfonamides is 1. The minimum atomic E-state index is -3.63. The molecule has 0 radical (unpaired) electrons. The molecule has 0 bridgehead atoms. The molecule has 8 heteroatoms. The first-order valence-corrected chi connectivity index (χ1v) is 9.23. The zero-order valence-electron chi connectivity index (χ0n) is 12.4. The molecule has 0 aliphatic heterocycles. The quantitative estimate of drug-likeness (QED) is 0.773. The first kappa shape index (κ1) is 18.5. The van der Waals surface area contributed by atoms with Crippen LogP contribution in [-0.4, -0.2) is 14.3 Å². The highest BCUT2D eigenvalue weighted by molar-refractivity contribution is 7.88. The molecule has 0 fully saturated rings. The van der Waals surface area contributed by atoms with Gasteiger partial charge in [-0.3, -0.25) is 4.79 Å². The van der Waals surface area contributed by atoms with E-state index in [4.69, 9.17) is 28.3 Å². The van der Waals surface area contributed by atoms with Crippen molar-refractivity contribution in [3.63, 3.8) is 0 Å². The van der Waals surface area contributed by atoms with Gasteiger partial charge in [0.25, 0.3) is 0 Å². The van der Waals surface area contributed by atoms with Crippen LogP contribution >= 0.6 is 23.2 Å². The van der Waals surface area contributed by atoms with Crippen LogP contribution in [0.5, 0.6) is 0 Å². The monoisotopic (exact) mass is 384 g/mol. The van der Waals surface area contributed by atoms with Crippen molar-refractivity contribution >= 4 is 50.9 Å². The Labute approximate surface area is 150 Å². The number of hydrogen-bond acceptors (Lipinski definition) is 3. The van der Waals surface area contributed by atoms with E-state index < -0.39 is 10.0 Å². The largest absolute Gasteiger partial charge is 0.323 e. The lowest BCUT2D eigenvalue weighted by atomic mass is 10.2. The smallest absolute Gasteiger partial charge is 0.248 e. The maximum absolute atomic E-state index is 11.9. The van der Waals surface area contributed by atoms with E-state index in [1.807, 2.05) is 0 Å². The second kappa shape index (κ2) is 7.81. The lowest BCUT2D eigenvalue weighted by Crippen LogP contribution is -2.15. The van der Waals surface area contributed by atoms with Crippen LogP contribution in [0.25, 0.3) is 6.08 Å². The highest BCUT2D eigenvalue weighted by Crippen LogP contribution is 2.23. The SMILES string of the molecule is NS(=O)(=O)Cc1cccc(NC(=O)/C=C/c2ccc(Cl)c(Cl)c2)c1. The van der Waals surface area contributed by atoms with Gasteiger partial charge >= 0.3 is 0 Å². The Balaban J connectivity index is 2.05. The van der Waals surface area contributed by atoms with Crippen LogP contribution in [-0.2, 0) is 20.6 Å². The molecule has 3 N–H and O–H groups in total. The first-order chi connectivity index (χ1) is 11.2. The standard InChI is InChI=1S/C16H14Cl2N2O3S/c17-14-6-4-11(9-15(14)18)5-7-16(21)20-13-3-1-2-12(8-13)10-24(19,22)23/h1-9H,10H2,(H,20,21)(H2,19,22,23)/b7-5+. The maximum Gasteiger partial charge on any atom is 0.248 e. The lowest BCUT2D eigenvalue weighted by molar-refractivity contribution is -0.111. The normalized spacial score (nSPS) is 11.6. The minimum absolute atomic E-state index is 0.296. The number of amides is 1. The molecule has 0 unspecified atom stereocenters. The summed E-state index contributed by atoms with van der Waals surface area (Å²) in [7, 11) is -3.63. The van der Waals surface area contributed by atoms with Gasteiger partial charge in [0.2, 0.25) is 15.9 Å². The molecule has 1 amide bonds. The molecule has 2 aromatic carbocycles. The molecular weight excluding hydrogens is 371 g/mol. The summed E-state index contributed by atoms with van der Waals surface area (Å²) in [6, 6.07) is 11.5. The van der Waals surface area contributed by atoms with Crippen molar-refractivity contribution < 1.29 is 13.2 Å². The summed E-state index contributed by atoms with van der Waals surface area (Å²) in [5.74, 6) is -0.663. The molecule has 0 aromatic heterocycles. The van der Waals surface area contributed by atoms with E-state index >= 15 is 0 Å². The second-order valence-electron chi connectivity index (χ2n) is 5.00. The van der Waals surface area contributed by atoms with E-state index in [0.717, 1.165) is 5.56 Å². The van der Waals surface area contributed by atoms with Crippen molar-refractivity contribution in [1.29, 1.82) is 0 Å². The molecule has 0 atom stereocenters. The predicted octanol–water partition coefficient (Wildman–Crippen LogP) is 3.43. The van der Waals surface area contributed by atoms with Crippen molar-refractivity contribution in [1.82, 2.24) is 0 Å². The summed E-state index contributed by atoms with van der Waals surface area (Å²) >= 11 is 11.7. The number of benzene rings is 2. The molecule has 24 heavy (non-hydrogen) atoms. The number of halogens is 2. The molecular formula is C16H14Cl2N2O3S. The third-order valence-electron chi connectivity index (χ3n) is 2.93. The van der Waals surface area contributed by atoms with Crippen LogP contribution in [0.2, 0.25) is 10.0 Å². The third-order valence-corrected chi connectivity index (χ3v) is 4.41. The fourth-order valence-electron chi connectivity index (χ4n) is 1.94. The Morgan fingerprint density at radius 2 is 1.88 bits per heavy atom. The van der Waals surface area contributed by atoms with Crippen molar-refractivity contribution in [2.45, 2.75) is 5.75 Å². The molecule has 126 valence electrons. The maximum atomic E-state index is 11.9. The molecule has 0 saturated carbocycles. The van der Waals surface area contributed by atoms with Gasteiger partial charge in [-0.2, -0.15) is 0 Å². The summed E-state index contributed by atoms with van der Waals surface area (Å²) in [5.41, 5.74) is 1.69. The van der Waals surface area contributed by atoms with Crippen molar-refractivity contribution in [2.24, 2.45) is 5.14 Å². The molecule has 0 aliphatic carbocycles. The average molecular weight is 385 g/mol. The molecule has 0 saturated heterocycles. The van der Waals surface area contributed by atoms with E-state index in [2.05, 4.69) is 5.32 Å². The number of nitrogens with one attached hydrogen (secondary N) is 1. The summed E-state index contributed by atoms with van der Waals surface area (Å²) in [4.78, 5) is 11.9. The van der Waals surface area contributed by atoms with Crippen LogP contribution in [0, 0.1) is 0 Å². The Bertz CT molecular complexity index is 896. The number of sulfonamides is 1. The van der Waals surface area contributed by atoms with Crippen LogP contribution in [0.3, 0.4) is 0 Å². The van der Waals surface area contributed by atoms with Gasteiger partial charge in [0.1, 0.15) is 0 Å². The zero-order chi connectivity index (χ0) is 17.7. The Hall–Kier alpha value is -1.86. The van der Waals surface area contributed by atoms with E-state index in [-0.39, 0.29) is 11.7 Å². The van der Waals surface area contributed by atoms with Gasteiger partial charge in [-0.1, -0.05) is 41.4 Å². The topological polar surface area (TPSA) is 89.3 Å². The van der Waals surface area contributed by atoms with E-state index in [0.29, 0.717) is 21.3 Å².